The molecule has 8 heteroatoms. The van der Waals surface area contributed by atoms with E-state index in [4.69, 9.17) is 9.15 Å². The van der Waals surface area contributed by atoms with Crippen LogP contribution in [0.3, 0.4) is 0 Å². The SMILES string of the molecule is COc1ccc2c(CSc3nc4ccccc4c(=O)n3-c3ccccc3F)cc(=O)oc2c1. The molecule has 5 aromatic rings. The van der Waals surface area contributed by atoms with Gasteiger partial charge >= 0.3 is 5.63 Å². The minimum atomic E-state index is -0.531. The monoisotopic (exact) mass is 460 g/mol. The average Bonchev–Trinajstić information content (AvgIpc) is 2.83. The zero-order valence-corrected chi connectivity index (χ0v) is 18.3. The second-order valence-corrected chi connectivity index (χ2v) is 8.19. The number of fused-ring (bicyclic) bond motifs is 2. The average molecular weight is 460 g/mol. The summed E-state index contributed by atoms with van der Waals surface area (Å²) < 4.78 is 26.5. The number of nitrogens with zero attached hydrogens (tertiary/aromatic N) is 2. The number of hydrogen-bond donors (Lipinski definition) is 0. The van der Waals surface area contributed by atoms with E-state index in [9.17, 15) is 14.0 Å². The largest absolute Gasteiger partial charge is 0.497 e. The second-order valence-electron chi connectivity index (χ2n) is 7.24. The first-order valence-corrected chi connectivity index (χ1v) is 11.0. The summed E-state index contributed by atoms with van der Waals surface area (Å²) in [5, 5.41) is 1.45. The molecule has 0 aliphatic rings. The molecular formula is C25H17FN2O4S. The van der Waals surface area contributed by atoms with Crippen molar-refractivity contribution in [2.45, 2.75) is 10.9 Å². The molecule has 2 aromatic heterocycles. The van der Waals surface area contributed by atoms with E-state index in [2.05, 4.69) is 4.98 Å². The van der Waals surface area contributed by atoms with Crippen molar-refractivity contribution in [3.05, 3.63) is 105 Å². The van der Waals surface area contributed by atoms with Gasteiger partial charge in [0.25, 0.3) is 5.56 Å². The van der Waals surface area contributed by atoms with E-state index in [1.165, 1.54) is 41.6 Å². The minimum absolute atomic E-state index is 0.116. The Hall–Kier alpha value is -3.91. The van der Waals surface area contributed by atoms with E-state index in [-0.39, 0.29) is 11.2 Å². The van der Waals surface area contributed by atoms with Gasteiger partial charge in [-0.3, -0.25) is 9.36 Å². The zero-order chi connectivity index (χ0) is 22.9. The topological polar surface area (TPSA) is 74.3 Å². The van der Waals surface area contributed by atoms with Gasteiger partial charge in [0.1, 0.15) is 17.1 Å². The van der Waals surface area contributed by atoms with Gasteiger partial charge < -0.3 is 9.15 Å². The molecular weight excluding hydrogens is 443 g/mol. The Labute approximate surface area is 191 Å². The van der Waals surface area contributed by atoms with Crippen LogP contribution in [0.5, 0.6) is 5.75 Å². The van der Waals surface area contributed by atoms with Crippen LogP contribution < -0.4 is 15.9 Å². The van der Waals surface area contributed by atoms with Gasteiger partial charge in [-0.05, 0) is 42.0 Å². The molecule has 0 saturated heterocycles. The van der Waals surface area contributed by atoms with Crippen molar-refractivity contribution < 1.29 is 13.5 Å². The third-order valence-electron chi connectivity index (χ3n) is 5.23. The predicted molar refractivity (Wildman–Crippen MR) is 126 cm³/mol. The summed E-state index contributed by atoms with van der Waals surface area (Å²) in [5.41, 5.74) is 0.872. The fourth-order valence-electron chi connectivity index (χ4n) is 3.65. The molecule has 0 bridgehead atoms. The van der Waals surface area contributed by atoms with E-state index in [1.54, 1.807) is 48.5 Å². The lowest BCUT2D eigenvalue weighted by Gasteiger charge is -2.14. The number of methoxy groups -OCH3 is 1. The van der Waals surface area contributed by atoms with Crippen molar-refractivity contribution in [2.75, 3.05) is 7.11 Å². The summed E-state index contributed by atoms with van der Waals surface area (Å²) >= 11 is 1.24. The highest BCUT2D eigenvalue weighted by Gasteiger charge is 2.17. The molecule has 0 aliphatic carbocycles. The number of rotatable bonds is 5. The minimum Gasteiger partial charge on any atom is -0.497 e. The maximum atomic E-state index is 14.7. The molecule has 33 heavy (non-hydrogen) atoms. The van der Waals surface area contributed by atoms with Gasteiger partial charge in [-0.25, -0.2) is 14.2 Å². The molecule has 6 nitrogen and oxygen atoms in total. The predicted octanol–water partition coefficient (Wildman–Crippen LogP) is 4.93. The van der Waals surface area contributed by atoms with Crippen LogP contribution >= 0.6 is 11.8 Å². The van der Waals surface area contributed by atoms with E-state index in [1.807, 2.05) is 6.07 Å². The van der Waals surface area contributed by atoms with E-state index in [0.29, 0.717) is 38.7 Å². The molecule has 0 amide bonds. The quantitative estimate of drug-likeness (QED) is 0.210. The Balaban J connectivity index is 1.64. The van der Waals surface area contributed by atoms with Crippen molar-refractivity contribution in [2.24, 2.45) is 0 Å². The van der Waals surface area contributed by atoms with Gasteiger partial charge in [0.2, 0.25) is 0 Å². The van der Waals surface area contributed by atoms with Crippen LogP contribution in [-0.2, 0) is 5.75 Å². The lowest BCUT2D eigenvalue weighted by Crippen LogP contribution is -2.22. The number of aromatic nitrogens is 2. The molecule has 5 rings (SSSR count). The molecule has 0 N–H and O–H groups in total. The van der Waals surface area contributed by atoms with Gasteiger partial charge in [-0.15, -0.1) is 0 Å². The van der Waals surface area contributed by atoms with Crippen LogP contribution in [0.2, 0.25) is 0 Å². The third-order valence-corrected chi connectivity index (χ3v) is 6.22. The van der Waals surface area contributed by atoms with E-state index in [0.717, 1.165) is 5.39 Å². The van der Waals surface area contributed by atoms with E-state index < -0.39 is 11.4 Å². The van der Waals surface area contributed by atoms with Gasteiger partial charge in [-0.2, -0.15) is 0 Å². The molecule has 0 aliphatic heterocycles. The summed E-state index contributed by atoms with van der Waals surface area (Å²) in [7, 11) is 1.53. The third kappa shape index (κ3) is 3.89. The lowest BCUT2D eigenvalue weighted by molar-refractivity contribution is 0.414. The summed E-state index contributed by atoms with van der Waals surface area (Å²) in [4.78, 5) is 30.1. The van der Waals surface area contributed by atoms with Crippen LogP contribution in [0.4, 0.5) is 4.39 Å². The van der Waals surface area contributed by atoms with Crippen molar-refractivity contribution >= 4 is 33.6 Å². The Morgan fingerprint density at radius 1 is 1.00 bits per heavy atom. The number of para-hydroxylation sites is 2. The first-order chi connectivity index (χ1) is 16.0. The second kappa shape index (κ2) is 8.55. The molecule has 0 atom stereocenters. The zero-order valence-electron chi connectivity index (χ0n) is 17.4. The number of ether oxygens (including phenoxy) is 1. The Morgan fingerprint density at radius 3 is 2.61 bits per heavy atom. The number of thioether (sulfide) groups is 1. The molecule has 164 valence electrons. The molecule has 2 heterocycles. The standard InChI is InChI=1S/C25H17FN2O4S/c1-31-16-10-11-17-15(12-23(29)32-22(17)13-16)14-33-25-27-20-8-4-2-6-18(20)24(30)28(25)21-9-5-3-7-19(21)26/h2-13H,14H2,1H3. The molecule has 3 aromatic carbocycles. The summed E-state index contributed by atoms with van der Waals surface area (Å²) in [5.74, 6) is 0.352. The first kappa shape index (κ1) is 21.0. The smallest absolute Gasteiger partial charge is 0.336 e. The summed E-state index contributed by atoms with van der Waals surface area (Å²) in [6, 6.07) is 19.7. The van der Waals surface area contributed by atoms with Crippen LogP contribution in [-0.4, -0.2) is 16.7 Å². The van der Waals surface area contributed by atoms with Crippen LogP contribution in [0.25, 0.3) is 27.6 Å². The fraction of sp³-hybridized carbons (Fsp3) is 0.0800. The summed E-state index contributed by atoms with van der Waals surface area (Å²) in [6.45, 7) is 0. The summed E-state index contributed by atoms with van der Waals surface area (Å²) in [6.07, 6.45) is 0. The Kier molecular flexibility index (Phi) is 5.43. The normalized spacial score (nSPS) is 11.2. The molecule has 0 saturated carbocycles. The molecule has 0 unspecified atom stereocenters. The number of halogens is 1. The molecule has 0 radical (unpaired) electrons. The van der Waals surface area contributed by atoms with Crippen molar-refractivity contribution in [1.29, 1.82) is 0 Å². The Bertz CT molecular complexity index is 1630. The highest BCUT2D eigenvalue weighted by atomic mass is 32.2. The number of hydrogen-bond acceptors (Lipinski definition) is 6. The van der Waals surface area contributed by atoms with Crippen LogP contribution in [0.1, 0.15) is 5.56 Å². The van der Waals surface area contributed by atoms with E-state index >= 15 is 0 Å². The fourth-order valence-corrected chi connectivity index (χ4v) is 4.65. The molecule has 0 fully saturated rings. The first-order valence-electron chi connectivity index (χ1n) is 10.1. The van der Waals surface area contributed by atoms with Crippen molar-refractivity contribution in [1.82, 2.24) is 9.55 Å². The lowest BCUT2D eigenvalue weighted by atomic mass is 10.1. The van der Waals surface area contributed by atoms with Gasteiger partial charge in [-0.1, -0.05) is 36.0 Å². The number of benzene rings is 3. The van der Waals surface area contributed by atoms with Gasteiger partial charge in [0, 0.05) is 23.3 Å². The van der Waals surface area contributed by atoms with Gasteiger partial charge in [0.05, 0.1) is 23.7 Å². The Morgan fingerprint density at radius 2 is 1.79 bits per heavy atom. The highest BCUT2D eigenvalue weighted by Crippen LogP contribution is 2.29. The maximum Gasteiger partial charge on any atom is 0.336 e. The van der Waals surface area contributed by atoms with Crippen LogP contribution in [0, 0.1) is 5.82 Å². The highest BCUT2D eigenvalue weighted by molar-refractivity contribution is 7.98. The maximum absolute atomic E-state index is 14.7. The van der Waals surface area contributed by atoms with Crippen molar-refractivity contribution in [3.8, 4) is 11.4 Å². The van der Waals surface area contributed by atoms with Crippen molar-refractivity contribution in [3.63, 3.8) is 0 Å². The van der Waals surface area contributed by atoms with Gasteiger partial charge in [0.15, 0.2) is 5.16 Å². The van der Waals surface area contributed by atoms with Crippen LogP contribution in [0.15, 0.2) is 92.0 Å². The molecule has 0 spiro atoms.